The minimum absolute atomic E-state index is 0.0205. The molecule has 1 N–H and O–H groups in total. The molecule has 0 radical (unpaired) electrons. The van der Waals surface area contributed by atoms with Crippen molar-refractivity contribution in [2.24, 2.45) is 0 Å². The molecule has 3 aromatic rings. The van der Waals surface area contributed by atoms with E-state index in [1.807, 2.05) is 0 Å². The zero-order chi connectivity index (χ0) is 18.1. The lowest BCUT2D eigenvalue weighted by Gasteiger charge is -2.04. The van der Waals surface area contributed by atoms with E-state index in [0.29, 0.717) is 21.9 Å². The van der Waals surface area contributed by atoms with Gasteiger partial charge in [-0.2, -0.15) is 4.98 Å². The number of furan rings is 1. The third kappa shape index (κ3) is 3.23. The number of nitrogens with zero attached hydrogens (tertiary/aromatic N) is 1. The second kappa shape index (κ2) is 6.60. The Morgan fingerprint density at radius 3 is 2.72 bits per heavy atom. The Morgan fingerprint density at radius 1 is 1.28 bits per heavy atom. The van der Waals surface area contributed by atoms with Gasteiger partial charge in [0.15, 0.2) is 11.4 Å². The molecule has 3 rings (SSSR count). The summed E-state index contributed by atoms with van der Waals surface area (Å²) in [4.78, 5) is 28.4. The normalized spacial score (nSPS) is 10.9. The summed E-state index contributed by atoms with van der Waals surface area (Å²) in [5.74, 6) is -0.621. The molecule has 0 fully saturated rings. The molecule has 0 aliphatic heterocycles. The van der Waals surface area contributed by atoms with Crippen molar-refractivity contribution in [1.29, 1.82) is 0 Å². The first-order chi connectivity index (χ1) is 11.9. The number of ketones is 1. The van der Waals surface area contributed by atoms with Crippen molar-refractivity contribution >= 4 is 46.4 Å². The van der Waals surface area contributed by atoms with Crippen molar-refractivity contribution in [2.45, 2.75) is 20.8 Å². The van der Waals surface area contributed by atoms with Gasteiger partial charge in [-0.05, 0) is 39.0 Å². The van der Waals surface area contributed by atoms with Crippen LogP contribution in [0.1, 0.15) is 40.3 Å². The number of hydrogen-bond donors (Lipinski definition) is 1. The molecule has 8 heteroatoms. The largest absolute Gasteiger partial charge is 0.462 e. The van der Waals surface area contributed by atoms with Gasteiger partial charge in [0.2, 0.25) is 5.88 Å². The van der Waals surface area contributed by atoms with E-state index in [1.165, 1.54) is 6.92 Å². The molecule has 0 aliphatic rings. The zero-order valence-electron chi connectivity index (χ0n) is 13.8. The highest BCUT2D eigenvalue weighted by molar-refractivity contribution is 6.31. The van der Waals surface area contributed by atoms with Crippen molar-refractivity contribution in [3.8, 4) is 0 Å². The number of aryl methyl sites for hydroxylation is 1. The minimum atomic E-state index is -0.661. The number of ether oxygens (including phenoxy) is 1. The molecule has 130 valence electrons. The van der Waals surface area contributed by atoms with Crippen molar-refractivity contribution in [3.63, 3.8) is 0 Å². The number of nitrogens with one attached hydrogen (secondary N) is 1. The highest BCUT2D eigenvalue weighted by Gasteiger charge is 2.28. The number of carbonyl (C=O) groups is 2. The Kier molecular flexibility index (Phi) is 4.50. The van der Waals surface area contributed by atoms with Gasteiger partial charge >= 0.3 is 12.0 Å². The number of carbonyl (C=O) groups excluding carboxylic acids is 2. The van der Waals surface area contributed by atoms with Crippen LogP contribution < -0.4 is 5.32 Å². The number of hydrogen-bond acceptors (Lipinski definition) is 7. The van der Waals surface area contributed by atoms with E-state index in [1.54, 1.807) is 32.0 Å². The van der Waals surface area contributed by atoms with Gasteiger partial charge in [0.05, 0.1) is 12.2 Å². The van der Waals surface area contributed by atoms with Gasteiger partial charge in [-0.15, -0.1) is 0 Å². The van der Waals surface area contributed by atoms with E-state index in [4.69, 9.17) is 25.2 Å². The maximum Gasteiger partial charge on any atom is 0.344 e. The fourth-order valence-corrected chi connectivity index (χ4v) is 2.67. The predicted octanol–water partition coefficient (Wildman–Crippen LogP) is 4.51. The molecule has 25 heavy (non-hydrogen) atoms. The van der Waals surface area contributed by atoms with Gasteiger partial charge in [0.25, 0.3) is 0 Å². The van der Waals surface area contributed by atoms with Crippen molar-refractivity contribution in [1.82, 2.24) is 4.98 Å². The second-order valence-corrected chi connectivity index (χ2v) is 5.71. The van der Waals surface area contributed by atoms with Crippen LogP contribution in [-0.4, -0.2) is 23.3 Å². The third-order valence-corrected chi connectivity index (χ3v) is 3.72. The van der Waals surface area contributed by atoms with Crippen LogP contribution in [0.5, 0.6) is 0 Å². The molecule has 2 heterocycles. The summed E-state index contributed by atoms with van der Waals surface area (Å²) in [6.45, 7) is 4.79. The number of rotatable bonds is 5. The molecule has 0 bridgehead atoms. The number of benzene rings is 1. The van der Waals surface area contributed by atoms with Crippen LogP contribution in [-0.2, 0) is 4.74 Å². The molecule has 0 saturated carbocycles. The van der Waals surface area contributed by atoms with Crippen molar-refractivity contribution in [3.05, 3.63) is 40.1 Å². The summed E-state index contributed by atoms with van der Waals surface area (Å²) >= 11 is 5.93. The Labute approximate surface area is 147 Å². The van der Waals surface area contributed by atoms with Gasteiger partial charge in [0.1, 0.15) is 16.8 Å². The first-order valence-corrected chi connectivity index (χ1v) is 7.93. The van der Waals surface area contributed by atoms with E-state index in [9.17, 15) is 9.59 Å². The second-order valence-electron chi connectivity index (χ2n) is 5.27. The van der Waals surface area contributed by atoms with Gasteiger partial charge in [-0.25, -0.2) is 4.79 Å². The quantitative estimate of drug-likeness (QED) is 0.527. The van der Waals surface area contributed by atoms with Gasteiger partial charge < -0.3 is 13.6 Å². The van der Waals surface area contributed by atoms with Crippen LogP contribution in [0.3, 0.4) is 0 Å². The van der Waals surface area contributed by atoms with E-state index >= 15 is 0 Å². The van der Waals surface area contributed by atoms with Crippen molar-refractivity contribution < 1.29 is 23.2 Å². The summed E-state index contributed by atoms with van der Waals surface area (Å²) < 4.78 is 16.1. The first-order valence-electron chi connectivity index (χ1n) is 7.55. The average molecular weight is 363 g/mol. The number of Topliss-reactive ketones (excluding diaryl/α,β-unsaturated/α-hetero) is 1. The Balaban J connectivity index is 2.04. The molecule has 7 nitrogen and oxygen atoms in total. The lowest BCUT2D eigenvalue weighted by atomic mass is 10.1. The molecule has 0 spiro atoms. The lowest BCUT2D eigenvalue weighted by molar-refractivity contribution is 0.0524. The molecule has 2 aromatic heterocycles. The average Bonchev–Trinajstić information content (AvgIpc) is 3.07. The summed E-state index contributed by atoms with van der Waals surface area (Å²) in [5.41, 5.74) is 1.25. The van der Waals surface area contributed by atoms with Crippen LogP contribution in [0.15, 0.2) is 27.0 Å². The first kappa shape index (κ1) is 17.0. The lowest BCUT2D eigenvalue weighted by Crippen LogP contribution is -2.11. The van der Waals surface area contributed by atoms with Gasteiger partial charge in [-0.1, -0.05) is 11.6 Å². The molecule has 0 atom stereocenters. The van der Waals surface area contributed by atoms with Crippen LogP contribution in [0.25, 0.3) is 11.1 Å². The smallest absolute Gasteiger partial charge is 0.344 e. The van der Waals surface area contributed by atoms with Gasteiger partial charge in [-0.3, -0.25) is 10.1 Å². The zero-order valence-corrected chi connectivity index (χ0v) is 14.6. The van der Waals surface area contributed by atoms with Crippen molar-refractivity contribution in [2.75, 3.05) is 11.9 Å². The third-order valence-electron chi connectivity index (χ3n) is 3.49. The van der Waals surface area contributed by atoms with Crippen LogP contribution >= 0.6 is 11.6 Å². The Morgan fingerprint density at radius 2 is 2.04 bits per heavy atom. The molecule has 0 aliphatic carbocycles. The molecule has 0 unspecified atom stereocenters. The number of halogens is 1. The summed E-state index contributed by atoms with van der Waals surface area (Å²) in [6.07, 6.45) is 0. The maximum absolute atomic E-state index is 12.3. The summed E-state index contributed by atoms with van der Waals surface area (Å²) in [5, 5.41) is 3.32. The Bertz CT molecular complexity index is 973. The molecule has 0 saturated heterocycles. The fraction of sp³-hybridized carbons (Fsp3) is 0.235. The summed E-state index contributed by atoms with van der Waals surface area (Å²) in [7, 11) is 0. The number of anilines is 2. The van der Waals surface area contributed by atoms with Gasteiger partial charge in [0, 0.05) is 5.02 Å². The standard InChI is InChI=1S/C17H15ClN2O5/c1-4-23-16(22)14-13(8(2)21)9(3)24-15(14)20-17-19-11-7-10(18)5-6-12(11)25-17/h5-7H,4H2,1-3H3,(H,19,20). The van der Waals surface area contributed by atoms with Crippen LogP contribution in [0.2, 0.25) is 5.02 Å². The number of fused-ring (bicyclic) bond motifs is 1. The maximum atomic E-state index is 12.3. The highest BCUT2D eigenvalue weighted by Crippen LogP contribution is 2.32. The topological polar surface area (TPSA) is 94.6 Å². The molecule has 1 aromatic carbocycles. The van der Waals surface area contributed by atoms with Crippen LogP contribution in [0.4, 0.5) is 11.9 Å². The number of oxazole rings is 1. The van der Waals surface area contributed by atoms with Crippen LogP contribution in [0, 0.1) is 6.92 Å². The predicted molar refractivity (Wildman–Crippen MR) is 91.7 cm³/mol. The molecular weight excluding hydrogens is 348 g/mol. The highest BCUT2D eigenvalue weighted by atomic mass is 35.5. The van der Waals surface area contributed by atoms with E-state index in [0.717, 1.165) is 0 Å². The minimum Gasteiger partial charge on any atom is -0.462 e. The number of aromatic nitrogens is 1. The van der Waals surface area contributed by atoms with E-state index < -0.39 is 5.97 Å². The fourth-order valence-electron chi connectivity index (χ4n) is 2.51. The van der Waals surface area contributed by atoms with E-state index in [2.05, 4.69) is 10.3 Å². The summed E-state index contributed by atoms with van der Waals surface area (Å²) in [6, 6.07) is 5.10. The SMILES string of the molecule is CCOC(=O)c1c(Nc2nc3cc(Cl)ccc3o2)oc(C)c1C(C)=O. The molecule has 0 amide bonds. The Hall–Kier alpha value is -2.80. The monoisotopic (exact) mass is 362 g/mol. The number of esters is 1. The van der Waals surface area contributed by atoms with E-state index in [-0.39, 0.29) is 35.4 Å². The molecular formula is C17H15ClN2O5.